The van der Waals surface area contributed by atoms with Crippen LogP contribution in [0.5, 0.6) is 0 Å². The van der Waals surface area contributed by atoms with Gasteiger partial charge in [-0.25, -0.2) is 0 Å². The molecule has 4 rings (SSSR count). The molecule has 4 heterocycles. The van der Waals surface area contributed by atoms with Gasteiger partial charge in [-0.2, -0.15) is 9.13 Å². The second-order valence-electron chi connectivity index (χ2n) is 7.34. The molecule has 30 heavy (non-hydrogen) atoms. The number of pyridine rings is 2. The molecule has 4 nitrogen and oxygen atoms in total. The minimum absolute atomic E-state index is 0.0729. The molecule has 0 N–H and O–H groups in total. The maximum absolute atomic E-state index is 5.11. The van der Waals surface area contributed by atoms with E-state index in [1.165, 1.54) is 5.56 Å². The molecule has 0 aromatic carbocycles. The van der Waals surface area contributed by atoms with Crippen LogP contribution in [0.25, 0.3) is 0 Å². The van der Waals surface area contributed by atoms with E-state index >= 15 is 0 Å². The van der Waals surface area contributed by atoms with Gasteiger partial charge in [0.1, 0.15) is 17.5 Å². The van der Waals surface area contributed by atoms with Gasteiger partial charge in [0.2, 0.25) is 11.4 Å². The lowest BCUT2D eigenvalue weighted by Gasteiger charge is -2.18. The van der Waals surface area contributed by atoms with Crippen molar-refractivity contribution < 1.29 is 9.13 Å². The van der Waals surface area contributed by atoms with E-state index in [2.05, 4.69) is 76.2 Å². The Morgan fingerprint density at radius 3 is 2.47 bits per heavy atom. The SMILES string of the molecule is C/C=C\C=C/C1=NCC[n+]2ccc(C3C[n+]4ccccc4C(/C=C\C=C/C)=N3)cc21. The normalized spacial score (nSPS) is 18.8. The maximum Gasteiger partial charge on any atom is 0.231 e. The summed E-state index contributed by atoms with van der Waals surface area (Å²) in [5.41, 5.74) is 5.57. The van der Waals surface area contributed by atoms with Gasteiger partial charge in [-0.15, -0.1) is 0 Å². The van der Waals surface area contributed by atoms with Crippen LogP contribution in [-0.2, 0) is 13.1 Å². The number of fused-ring (bicyclic) bond motifs is 2. The van der Waals surface area contributed by atoms with Gasteiger partial charge in [-0.05, 0) is 37.6 Å². The minimum atomic E-state index is 0.0729. The number of aromatic nitrogens is 2. The average molecular weight is 397 g/mol. The highest BCUT2D eigenvalue weighted by atomic mass is 15.1. The molecule has 1 unspecified atom stereocenters. The number of allylic oxidation sites excluding steroid dienone is 8. The van der Waals surface area contributed by atoms with Crippen LogP contribution in [0, 0.1) is 0 Å². The van der Waals surface area contributed by atoms with Crippen molar-refractivity contribution in [3.63, 3.8) is 0 Å². The first kappa shape index (κ1) is 19.9. The molecule has 0 radical (unpaired) electrons. The third-order valence-electron chi connectivity index (χ3n) is 5.31. The van der Waals surface area contributed by atoms with Gasteiger partial charge in [-0.1, -0.05) is 36.5 Å². The van der Waals surface area contributed by atoms with E-state index in [4.69, 9.17) is 9.98 Å². The Bertz CT molecular complexity index is 1100. The van der Waals surface area contributed by atoms with Crippen LogP contribution in [0.3, 0.4) is 0 Å². The van der Waals surface area contributed by atoms with Crippen molar-refractivity contribution in [1.29, 1.82) is 0 Å². The molecule has 2 aromatic heterocycles. The van der Waals surface area contributed by atoms with Crippen LogP contribution in [0.2, 0.25) is 0 Å². The molecular weight excluding hydrogens is 368 g/mol. The van der Waals surface area contributed by atoms with Crippen LogP contribution in [0.4, 0.5) is 0 Å². The number of hydrogen-bond acceptors (Lipinski definition) is 2. The molecule has 0 bridgehead atoms. The lowest BCUT2D eigenvalue weighted by Crippen LogP contribution is -2.46. The van der Waals surface area contributed by atoms with Crippen molar-refractivity contribution >= 4 is 11.4 Å². The van der Waals surface area contributed by atoms with Crippen LogP contribution in [0.15, 0.2) is 101 Å². The summed E-state index contributed by atoms with van der Waals surface area (Å²) in [4.78, 5) is 9.86. The van der Waals surface area contributed by atoms with E-state index in [1.807, 2.05) is 38.2 Å². The summed E-state index contributed by atoms with van der Waals surface area (Å²) in [5, 5.41) is 0. The van der Waals surface area contributed by atoms with Crippen LogP contribution in [-0.4, -0.2) is 18.0 Å². The molecule has 2 aliphatic rings. The predicted octanol–water partition coefficient (Wildman–Crippen LogP) is 3.87. The molecule has 0 spiro atoms. The van der Waals surface area contributed by atoms with E-state index < -0.39 is 0 Å². The van der Waals surface area contributed by atoms with Crippen molar-refractivity contribution in [3.05, 3.63) is 108 Å². The van der Waals surface area contributed by atoms with Crippen molar-refractivity contribution in [3.8, 4) is 0 Å². The molecular formula is C26H28N4+2. The zero-order chi connectivity index (χ0) is 20.8. The number of nitrogens with zero attached hydrogens (tertiary/aromatic N) is 4. The molecule has 0 fully saturated rings. The molecule has 0 saturated carbocycles. The molecule has 2 aromatic rings. The summed E-state index contributed by atoms with van der Waals surface area (Å²) in [6.07, 6.45) is 20.7. The summed E-state index contributed by atoms with van der Waals surface area (Å²) in [6.45, 7) is 6.61. The van der Waals surface area contributed by atoms with Crippen molar-refractivity contribution in [2.45, 2.75) is 33.0 Å². The summed E-state index contributed by atoms with van der Waals surface area (Å²) in [5.74, 6) is 0. The first-order valence-electron chi connectivity index (χ1n) is 10.5. The Morgan fingerprint density at radius 1 is 0.867 bits per heavy atom. The van der Waals surface area contributed by atoms with E-state index in [-0.39, 0.29) is 6.04 Å². The fraction of sp³-hybridized carbons (Fsp3) is 0.231. The summed E-state index contributed by atoms with van der Waals surface area (Å²) < 4.78 is 4.58. The standard InChI is InChI=1S/C26H28N4/c1-3-5-7-11-22-26-19-21(14-17-29(26)18-15-27-22)24-20-30-16-10-9-13-25(30)23(28-24)12-8-6-4-2/h3-14,16-17,19,24H,15,18,20H2,1-2H3/q+2/b5-3-,6-4-,11-7-,12-8-. The Labute approximate surface area is 178 Å². The molecule has 0 saturated heterocycles. The largest absolute Gasteiger partial charge is 0.272 e. The first-order valence-corrected chi connectivity index (χ1v) is 10.5. The number of hydrogen-bond donors (Lipinski definition) is 0. The fourth-order valence-electron chi connectivity index (χ4n) is 3.82. The average Bonchev–Trinajstić information content (AvgIpc) is 2.79. The second kappa shape index (κ2) is 9.40. The lowest BCUT2D eigenvalue weighted by molar-refractivity contribution is -0.703. The molecule has 150 valence electrons. The Balaban J connectivity index is 1.72. The maximum atomic E-state index is 5.11. The zero-order valence-corrected chi connectivity index (χ0v) is 17.6. The van der Waals surface area contributed by atoms with Gasteiger partial charge in [0.15, 0.2) is 25.5 Å². The fourth-order valence-corrected chi connectivity index (χ4v) is 3.82. The second-order valence-corrected chi connectivity index (χ2v) is 7.34. The van der Waals surface area contributed by atoms with Gasteiger partial charge in [0.25, 0.3) is 0 Å². The highest BCUT2D eigenvalue weighted by molar-refractivity contribution is 6.07. The predicted molar refractivity (Wildman–Crippen MR) is 122 cm³/mol. The molecule has 0 aliphatic carbocycles. The topological polar surface area (TPSA) is 32.5 Å². The molecule has 0 amide bonds. The molecule has 4 heteroatoms. The van der Waals surface area contributed by atoms with E-state index in [1.54, 1.807) is 0 Å². The van der Waals surface area contributed by atoms with Gasteiger partial charge < -0.3 is 0 Å². The van der Waals surface area contributed by atoms with Crippen molar-refractivity contribution in [2.24, 2.45) is 9.98 Å². The highest BCUT2D eigenvalue weighted by Crippen LogP contribution is 2.23. The smallest absolute Gasteiger partial charge is 0.231 e. The number of rotatable bonds is 5. The van der Waals surface area contributed by atoms with E-state index in [9.17, 15) is 0 Å². The van der Waals surface area contributed by atoms with Gasteiger partial charge in [0, 0.05) is 24.3 Å². The van der Waals surface area contributed by atoms with Crippen molar-refractivity contribution in [1.82, 2.24) is 0 Å². The van der Waals surface area contributed by atoms with Gasteiger partial charge in [-0.3, -0.25) is 9.98 Å². The Hall–Kier alpha value is -3.40. The summed E-state index contributed by atoms with van der Waals surface area (Å²) >= 11 is 0. The van der Waals surface area contributed by atoms with E-state index in [0.29, 0.717) is 0 Å². The quantitative estimate of drug-likeness (QED) is 0.543. The first-order chi connectivity index (χ1) is 14.8. The third kappa shape index (κ3) is 4.28. The van der Waals surface area contributed by atoms with Crippen molar-refractivity contribution in [2.75, 3.05) is 6.54 Å². The zero-order valence-electron chi connectivity index (χ0n) is 17.6. The van der Waals surface area contributed by atoms with Crippen LogP contribution in [0.1, 0.15) is 36.8 Å². The third-order valence-corrected chi connectivity index (χ3v) is 5.31. The van der Waals surface area contributed by atoms with Gasteiger partial charge >= 0.3 is 0 Å². The van der Waals surface area contributed by atoms with E-state index in [0.717, 1.165) is 42.4 Å². The summed E-state index contributed by atoms with van der Waals surface area (Å²) in [6, 6.07) is 10.8. The molecule has 2 aliphatic heterocycles. The minimum Gasteiger partial charge on any atom is -0.272 e. The monoisotopic (exact) mass is 396 g/mol. The van der Waals surface area contributed by atoms with Crippen LogP contribution >= 0.6 is 0 Å². The number of aliphatic imine (C=N–C) groups is 2. The Kier molecular flexibility index (Phi) is 6.23. The Morgan fingerprint density at radius 2 is 1.67 bits per heavy atom. The van der Waals surface area contributed by atoms with Gasteiger partial charge in [0.05, 0.1) is 6.54 Å². The lowest BCUT2D eigenvalue weighted by atomic mass is 10.0. The van der Waals surface area contributed by atoms with Crippen LogP contribution < -0.4 is 9.13 Å². The highest BCUT2D eigenvalue weighted by Gasteiger charge is 2.29. The molecule has 1 atom stereocenters. The summed E-state index contributed by atoms with van der Waals surface area (Å²) in [7, 11) is 0.